The van der Waals surface area contributed by atoms with Crippen molar-refractivity contribution in [3.8, 4) is 11.3 Å². The lowest BCUT2D eigenvalue weighted by atomic mass is 10.1. The second kappa shape index (κ2) is 7.30. The number of hydrogen-bond acceptors (Lipinski definition) is 2. The number of aryl methyl sites for hydroxylation is 2. The Morgan fingerprint density at radius 2 is 1.82 bits per heavy atom. The topological polar surface area (TPSA) is 46.4 Å². The summed E-state index contributed by atoms with van der Waals surface area (Å²) in [6.07, 6.45) is 1.88. The van der Waals surface area contributed by atoms with E-state index in [0.717, 1.165) is 22.3 Å². The molecule has 2 aromatic carbocycles. The number of amides is 1. The van der Waals surface area contributed by atoms with Gasteiger partial charge in [0.05, 0.1) is 10.0 Å². The molecule has 2 aromatic heterocycles. The fourth-order valence-electron chi connectivity index (χ4n) is 3.13. The molecule has 2 heterocycles. The van der Waals surface area contributed by atoms with E-state index < -0.39 is 0 Å². The minimum Gasteiger partial charge on any atom is -0.306 e. The van der Waals surface area contributed by atoms with Crippen LogP contribution in [0.2, 0.25) is 10.0 Å². The highest BCUT2D eigenvalue weighted by Gasteiger charge is 2.19. The van der Waals surface area contributed by atoms with Gasteiger partial charge in [-0.1, -0.05) is 53.0 Å². The number of pyridine rings is 1. The minimum absolute atomic E-state index is 0.201. The number of hydrogen-bond donors (Lipinski definition) is 1. The number of carbonyl (C=O) groups is 1. The van der Waals surface area contributed by atoms with Gasteiger partial charge in [-0.3, -0.25) is 9.20 Å². The number of rotatable bonds is 3. The molecule has 4 nitrogen and oxygen atoms in total. The van der Waals surface area contributed by atoms with Crippen LogP contribution in [0.5, 0.6) is 0 Å². The summed E-state index contributed by atoms with van der Waals surface area (Å²) in [5, 5.41) is 3.92. The van der Waals surface area contributed by atoms with Crippen molar-refractivity contribution in [1.29, 1.82) is 0 Å². The van der Waals surface area contributed by atoms with E-state index in [2.05, 4.69) is 5.32 Å². The van der Waals surface area contributed by atoms with Crippen molar-refractivity contribution in [2.45, 2.75) is 13.8 Å². The number of halogens is 2. The Hall–Kier alpha value is -2.82. The molecule has 4 rings (SSSR count). The SMILES string of the molecule is Cc1cccc(C(=O)Nc2c(-c3ccc(Cl)c(Cl)c3)nc3c(C)cccn23)c1. The highest BCUT2D eigenvalue weighted by molar-refractivity contribution is 6.42. The van der Waals surface area contributed by atoms with Gasteiger partial charge in [0.15, 0.2) is 0 Å². The summed E-state index contributed by atoms with van der Waals surface area (Å²) in [6, 6.07) is 16.7. The first kappa shape index (κ1) is 18.5. The van der Waals surface area contributed by atoms with E-state index in [1.165, 1.54) is 0 Å². The Kier molecular flexibility index (Phi) is 4.84. The molecule has 4 aromatic rings. The highest BCUT2D eigenvalue weighted by atomic mass is 35.5. The summed E-state index contributed by atoms with van der Waals surface area (Å²) in [7, 11) is 0. The predicted octanol–water partition coefficient (Wildman–Crippen LogP) is 6.18. The molecule has 6 heteroatoms. The number of benzene rings is 2. The van der Waals surface area contributed by atoms with Crippen molar-refractivity contribution >= 4 is 40.6 Å². The van der Waals surface area contributed by atoms with Crippen LogP contribution >= 0.6 is 23.2 Å². The number of anilines is 1. The molecule has 0 spiro atoms. The number of fused-ring (bicyclic) bond motifs is 1. The number of carbonyl (C=O) groups excluding carboxylic acids is 1. The molecule has 0 bridgehead atoms. The lowest BCUT2D eigenvalue weighted by Crippen LogP contribution is -2.14. The van der Waals surface area contributed by atoms with Crippen LogP contribution in [0.4, 0.5) is 5.82 Å². The fraction of sp³-hybridized carbons (Fsp3) is 0.0909. The average Bonchev–Trinajstić information content (AvgIpc) is 3.04. The van der Waals surface area contributed by atoms with E-state index in [1.54, 1.807) is 18.2 Å². The lowest BCUT2D eigenvalue weighted by Gasteiger charge is -2.09. The van der Waals surface area contributed by atoms with Gasteiger partial charge in [-0.25, -0.2) is 4.98 Å². The molecule has 0 aliphatic rings. The zero-order chi connectivity index (χ0) is 19.8. The monoisotopic (exact) mass is 409 g/mol. The summed E-state index contributed by atoms with van der Waals surface area (Å²) in [6.45, 7) is 3.93. The first-order valence-electron chi connectivity index (χ1n) is 8.75. The van der Waals surface area contributed by atoms with Gasteiger partial charge >= 0.3 is 0 Å². The molecule has 0 aliphatic carbocycles. The number of nitrogens with one attached hydrogen (secondary N) is 1. The molecule has 28 heavy (non-hydrogen) atoms. The summed E-state index contributed by atoms with van der Waals surface area (Å²) in [5.41, 5.74) is 4.78. The smallest absolute Gasteiger partial charge is 0.256 e. The van der Waals surface area contributed by atoms with Crippen LogP contribution < -0.4 is 5.32 Å². The normalized spacial score (nSPS) is 11.0. The molecule has 0 atom stereocenters. The van der Waals surface area contributed by atoms with Gasteiger partial charge in [0.1, 0.15) is 17.2 Å². The third-order valence-corrected chi connectivity index (χ3v) is 5.29. The maximum Gasteiger partial charge on any atom is 0.256 e. The van der Waals surface area contributed by atoms with Gasteiger partial charge in [0, 0.05) is 17.3 Å². The molecular formula is C22H17Cl2N3O. The van der Waals surface area contributed by atoms with Gasteiger partial charge in [0.25, 0.3) is 5.91 Å². The Morgan fingerprint density at radius 3 is 2.57 bits per heavy atom. The van der Waals surface area contributed by atoms with Gasteiger partial charge < -0.3 is 5.32 Å². The molecule has 0 unspecified atom stereocenters. The Bertz CT molecular complexity index is 1210. The third-order valence-electron chi connectivity index (χ3n) is 4.55. The van der Waals surface area contributed by atoms with E-state index in [0.29, 0.717) is 27.1 Å². The largest absolute Gasteiger partial charge is 0.306 e. The Balaban J connectivity index is 1.87. The van der Waals surface area contributed by atoms with Gasteiger partial charge in [-0.05, 0) is 49.7 Å². The first-order valence-corrected chi connectivity index (χ1v) is 9.51. The van der Waals surface area contributed by atoms with Gasteiger partial charge in [-0.15, -0.1) is 0 Å². The molecule has 1 N–H and O–H groups in total. The van der Waals surface area contributed by atoms with E-state index in [1.807, 2.05) is 60.8 Å². The van der Waals surface area contributed by atoms with Gasteiger partial charge in [0.2, 0.25) is 0 Å². The van der Waals surface area contributed by atoms with Crippen molar-refractivity contribution in [2.75, 3.05) is 5.32 Å². The van der Waals surface area contributed by atoms with Crippen LogP contribution in [0.25, 0.3) is 16.9 Å². The third kappa shape index (κ3) is 3.37. The van der Waals surface area contributed by atoms with E-state index >= 15 is 0 Å². The maximum absolute atomic E-state index is 12.9. The molecule has 0 aliphatic heterocycles. The molecule has 0 saturated heterocycles. The average molecular weight is 410 g/mol. The van der Waals surface area contributed by atoms with E-state index in [4.69, 9.17) is 28.2 Å². The van der Waals surface area contributed by atoms with Crippen LogP contribution in [0.1, 0.15) is 21.5 Å². The van der Waals surface area contributed by atoms with Crippen molar-refractivity contribution in [1.82, 2.24) is 9.38 Å². The molecular weight excluding hydrogens is 393 g/mol. The quantitative estimate of drug-likeness (QED) is 0.439. The van der Waals surface area contributed by atoms with Crippen LogP contribution in [0.3, 0.4) is 0 Å². The molecule has 0 radical (unpaired) electrons. The molecule has 0 saturated carbocycles. The highest BCUT2D eigenvalue weighted by Crippen LogP contribution is 2.34. The molecule has 0 fully saturated rings. The van der Waals surface area contributed by atoms with Crippen LogP contribution in [0, 0.1) is 13.8 Å². The summed E-state index contributed by atoms with van der Waals surface area (Å²) in [5.74, 6) is 0.386. The lowest BCUT2D eigenvalue weighted by molar-refractivity contribution is 0.102. The second-order valence-electron chi connectivity index (χ2n) is 6.65. The van der Waals surface area contributed by atoms with Crippen molar-refractivity contribution in [2.24, 2.45) is 0 Å². The standard InChI is InChI=1S/C22H17Cl2N3O/c1-13-5-3-7-16(11-13)22(28)26-21-19(15-8-9-17(23)18(24)12-15)25-20-14(2)6-4-10-27(20)21/h3-12H,1-2H3,(H,26,28). The predicted molar refractivity (Wildman–Crippen MR) is 115 cm³/mol. The summed E-state index contributed by atoms with van der Waals surface area (Å²) >= 11 is 12.3. The van der Waals surface area contributed by atoms with Crippen molar-refractivity contribution in [3.63, 3.8) is 0 Å². The van der Waals surface area contributed by atoms with Crippen LogP contribution in [-0.4, -0.2) is 15.3 Å². The summed E-state index contributed by atoms with van der Waals surface area (Å²) in [4.78, 5) is 17.7. The van der Waals surface area contributed by atoms with E-state index in [-0.39, 0.29) is 5.91 Å². The fourth-order valence-corrected chi connectivity index (χ4v) is 3.43. The van der Waals surface area contributed by atoms with Crippen LogP contribution in [-0.2, 0) is 0 Å². The Morgan fingerprint density at radius 1 is 1.00 bits per heavy atom. The zero-order valence-corrected chi connectivity index (χ0v) is 16.8. The zero-order valence-electron chi connectivity index (χ0n) is 15.3. The molecule has 140 valence electrons. The minimum atomic E-state index is -0.201. The van der Waals surface area contributed by atoms with Crippen molar-refractivity contribution < 1.29 is 4.79 Å². The number of aromatic nitrogens is 2. The van der Waals surface area contributed by atoms with E-state index in [9.17, 15) is 4.79 Å². The summed E-state index contributed by atoms with van der Waals surface area (Å²) < 4.78 is 1.88. The number of nitrogens with zero attached hydrogens (tertiary/aromatic N) is 2. The van der Waals surface area contributed by atoms with Crippen LogP contribution in [0.15, 0.2) is 60.8 Å². The van der Waals surface area contributed by atoms with Gasteiger partial charge in [-0.2, -0.15) is 0 Å². The molecule has 1 amide bonds. The number of imidazole rings is 1. The Labute approximate surface area is 172 Å². The van der Waals surface area contributed by atoms with Crippen molar-refractivity contribution in [3.05, 3.63) is 87.5 Å². The second-order valence-corrected chi connectivity index (χ2v) is 7.46. The first-order chi connectivity index (χ1) is 13.4. The maximum atomic E-state index is 12.9.